The maximum atomic E-state index is 5.45. The van der Waals surface area contributed by atoms with Gasteiger partial charge in [-0.2, -0.15) is 0 Å². The first kappa shape index (κ1) is 11.2. The van der Waals surface area contributed by atoms with Crippen LogP contribution in [0.2, 0.25) is 0 Å². The molecule has 0 bridgehead atoms. The van der Waals surface area contributed by atoms with Gasteiger partial charge >= 0.3 is 0 Å². The summed E-state index contributed by atoms with van der Waals surface area (Å²) in [5.74, 6) is 2.60. The van der Waals surface area contributed by atoms with E-state index in [1.54, 1.807) is 11.3 Å². The van der Waals surface area contributed by atoms with Crippen molar-refractivity contribution in [2.45, 2.75) is 13.0 Å². The lowest BCUT2D eigenvalue weighted by molar-refractivity contribution is 0.365. The molecule has 3 nitrogen and oxygen atoms in total. The Morgan fingerprint density at radius 3 is 3.14 bits per heavy atom. The molecule has 0 unspecified atom stereocenters. The monoisotopic (exact) mass is 209 g/mol. The molecule has 0 fully saturated rings. The molecule has 0 radical (unpaired) electrons. The summed E-state index contributed by atoms with van der Waals surface area (Å²) in [5.41, 5.74) is 6.53. The first-order chi connectivity index (χ1) is 6.76. The number of terminal acetylenes is 1. The van der Waals surface area contributed by atoms with Crippen LogP contribution in [0.15, 0.2) is 5.38 Å². The summed E-state index contributed by atoms with van der Waals surface area (Å²) in [6.45, 7) is 2.13. The van der Waals surface area contributed by atoms with Crippen LogP contribution in [0.4, 0.5) is 0 Å². The molecule has 0 saturated heterocycles. The van der Waals surface area contributed by atoms with E-state index in [4.69, 9.17) is 12.2 Å². The fraction of sp³-hybridized carbons (Fsp3) is 0.500. The average Bonchev–Trinajstić information content (AvgIpc) is 2.53. The molecule has 0 aliphatic heterocycles. The lowest BCUT2D eigenvalue weighted by atomic mass is 10.4. The third-order valence-corrected chi connectivity index (χ3v) is 2.71. The second-order valence-corrected chi connectivity index (χ2v) is 4.09. The number of rotatable bonds is 5. The highest BCUT2D eigenvalue weighted by molar-refractivity contribution is 7.09. The van der Waals surface area contributed by atoms with Gasteiger partial charge in [-0.3, -0.25) is 4.90 Å². The minimum Gasteiger partial charge on any atom is -0.330 e. The van der Waals surface area contributed by atoms with Gasteiger partial charge in [-0.1, -0.05) is 5.92 Å². The molecule has 0 aromatic carbocycles. The van der Waals surface area contributed by atoms with Gasteiger partial charge in [-0.05, 0) is 13.6 Å². The lowest BCUT2D eigenvalue weighted by Gasteiger charge is -2.10. The highest BCUT2D eigenvalue weighted by Crippen LogP contribution is 2.11. The molecule has 14 heavy (non-hydrogen) atoms. The van der Waals surface area contributed by atoms with Crippen molar-refractivity contribution in [2.24, 2.45) is 5.73 Å². The van der Waals surface area contributed by atoms with Crippen LogP contribution >= 0.6 is 11.3 Å². The van der Waals surface area contributed by atoms with Gasteiger partial charge in [0, 0.05) is 18.3 Å². The Hall–Kier alpha value is -0.890. The van der Waals surface area contributed by atoms with Crippen molar-refractivity contribution < 1.29 is 0 Å². The largest absolute Gasteiger partial charge is 0.330 e. The summed E-state index contributed by atoms with van der Waals surface area (Å²) < 4.78 is 0. The molecule has 1 aromatic heterocycles. The van der Waals surface area contributed by atoms with E-state index in [1.165, 1.54) is 0 Å². The Kier molecular flexibility index (Phi) is 4.60. The second kappa shape index (κ2) is 5.76. The van der Waals surface area contributed by atoms with Crippen LogP contribution in [0.1, 0.15) is 10.7 Å². The van der Waals surface area contributed by atoms with Crippen molar-refractivity contribution in [1.82, 2.24) is 9.88 Å². The molecular weight excluding hydrogens is 194 g/mol. The molecule has 4 heteroatoms. The summed E-state index contributed by atoms with van der Waals surface area (Å²) >= 11 is 1.66. The van der Waals surface area contributed by atoms with E-state index in [-0.39, 0.29) is 0 Å². The van der Waals surface area contributed by atoms with E-state index < -0.39 is 0 Å². The Balaban J connectivity index is 2.47. The van der Waals surface area contributed by atoms with Crippen LogP contribution < -0.4 is 5.73 Å². The molecule has 0 atom stereocenters. The summed E-state index contributed by atoms with van der Waals surface area (Å²) in [4.78, 5) is 6.51. The maximum Gasteiger partial charge on any atom is 0.0941 e. The van der Waals surface area contributed by atoms with Gasteiger partial charge in [-0.25, -0.2) is 4.98 Å². The van der Waals surface area contributed by atoms with Crippen LogP contribution in [0.3, 0.4) is 0 Å². The van der Waals surface area contributed by atoms with Crippen molar-refractivity contribution >= 4 is 11.3 Å². The third kappa shape index (κ3) is 3.46. The van der Waals surface area contributed by atoms with Crippen molar-refractivity contribution in [3.05, 3.63) is 16.1 Å². The van der Waals surface area contributed by atoms with Gasteiger partial charge in [0.15, 0.2) is 0 Å². The smallest absolute Gasteiger partial charge is 0.0941 e. The van der Waals surface area contributed by atoms with E-state index >= 15 is 0 Å². The minimum absolute atomic E-state index is 0.656. The molecular formula is C10H15N3S. The van der Waals surface area contributed by atoms with E-state index in [0.29, 0.717) is 13.1 Å². The van der Waals surface area contributed by atoms with Crippen molar-refractivity contribution in [3.8, 4) is 12.3 Å². The zero-order valence-corrected chi connectivity index (χ0v) is 9.18. The van der Waals surface area contributed by atoms with Gasteiger partial charge in [0.05, 0.1) is 17.2 Å². The lowest BCUT2D eigenvalue weighted by Crippen LogP contribution is -2.18. The summed E-state index contributed by atoms with van der Waals surface area (Å²) in [5, 5.41) is 3.18. The topological polar surface area (TPSA) is 42.1 Å². The highest BCUT2D eigenvalue weighted by atomic mass is 32.1. The Bertz CT molecular complexity index is 313. The normalized spacial score (nSPS) is 10.4. The van der Waals surface area contributed by atoms with Crippen molar-refractivity contribution in [1.29, 1.82) is 0 Å². The van der Waals surface area contributed by atoms with Gasteiger partial charge in [0.25, 0.3) is 0 Å². The Labute approximate surface area is 88.9 Å². The summed E-state index contributed by atoms with van der Waals surface area (Å²) in [6, 6.07) is 0. The third-order valence-electron chi connectivity index (χ3n) is 1.75. The number of aromatic nitrogens is 1. The van der Waals surface area contributed by atoms with Crippen molar-refractivity contribution in [3.63, 3.8) is 0 Å². The SMILES string of the molecule is C#CCN(C)Cc1csc(CCN)n1. The molecule has 2 N–H and O–H groups in total. The van der Waals surface area contributed by atoms with E-state index in [2.05, 4.69) is 21.2 Å². The van der Waals surface area contributed by atoms with Crippen molar-refractivity contribution in [2.75, 3.05) is 20.1 Å². The Morgan fingerprint density at radius 1 is 1.71 bits per heavy atom. The number of hydrogen-bond donors (Lipinski definition) is 1. The van der Waals surface area contributed by atoms with Gasteiger partial charge < -0.3 is 5.73 Å². The first-order valence-corrected chi connectivity index (χ1v) is 5.39. The molecule has 0 aliphatic rings. The standard InChI is InChI=1S/C10H15N3S/c1-3-6-13(2)7-9-8-14-10(12-9)4-5-11/h1,8H,4-7,11H2,2H3. The van der Waals surface area contributed by atoms with Crippen LogP contribution in [-0.2, 0) is 13.0 Å². The average molecular weight is 209 g/mol. The fourth-order valence-electron chi connectivity index (χ4n) is 1.15. The summed E-state index contributed by atoms with van der Waals surface area (Å²) in [6.07, 6.45) is 6.07. The number of hydrogen-bond acceptors (Lipinski definition) is 4. The molecule has 0 aliphatic carbocycles. The van der Waals surface area contributed by atoms with Gasteiger partial charge in [0.1, 0.15) is 0 Å². The minimum atomic E-state index is 0.656. The van der Waals surface area contributed by atoms with E-state index in [1.807, 2.05) is 7.05 Å². The van der Waals surface area contributed by atoms with Crippen LogP contribution in [-0.4, -0.2) is 30.0 Å². The molecule has 1 aromatic rings. The second-order valence-electron chi connectivity index (χ2n) is 3.15. The number of thiazole rings is 1. The predicted octanol–water partition coefficient (Wildman–Crippen LogP) is 0.709. The first-order valence-electron chi connectivity index (χ1n) is 4.51. The predicted molar refractivity (Wildman–Crippen MR) is 60.0 cm³/mol. The summed E-state index contributed by atoms with van der Waals surface area (Å²) in [7, 11) is 1.99. The molecule has 1 heterocycles. The molecule has 76 valence electrons. The highest BCUT2D eigenvalue weighted by Gasteiger charge is 2.03. The molecule has 0 saturated carbocycles. The van der Waals surface area contributed by atoms with Gasteiger partial charge in [-0.15, -0.1) is 17.8 Å². The molecule has 0 amide bonds. The maximum absolute atomic E-state index is 5.45. The van der Waals surface area contributed by atoms with E-state index in [0.717, 1.165) is 23.7 Å². The quantitative estimate of drug-likeness (QED) is 0.726. The van der Waals surface area contributed by atoms with Crippen LogP contribution in [0.25, 0.3) is 0 Å². The number of nitrogens with zero attached hydrogens (tertiary/aromatic N) is 2. The zero-order valence-electron chi connectivity index (χ0n) is 8.36. The fourth-order valence-corrected chi connectivity index (χ4v) is 1.95. The molecule has 0 spiro atoms. The van der Waals surface area contributed by atoms with Crippen LogP contribution in [0, 0.1) is 12.3 Å². The zero-order chi connectivity index (χ0) is 10.4. The van der Waals surface area contributed by atoms with Crippen LogP contribution in [0.5, 0.6) is 0 Å². The Morgan fingerprint density at radius 2 is 2.50 bits per heavy atom. The van der Waals surface area contributed by atoms with Gasteiger partial charge in [0.2, 0.25) is 0 Å². The molecule has 1 rings (SSSR count). The van der Waals surface area contributed by atoms with E-state index in [9.17, 15) is 0 Å². The number of nitrogens with two attached hydrogens (primary N) is 1.